The number of Topliss-reactive ketones (excluding diaryl/α,β-unsaturated/α-hetero) is 1. The second kappa shape index (κ2) is 8.64. The van der Waals surface area contributed by atoms with Crippen LogP contribution in [0.2, 0.25) is 0 Å². The zero-order valence-electron chi connectivity index (χ0n) is 17.4. The van der Waals surface area contributed by atoms with Crippen LogP contribution in [0.25, 0.3) is 0 Å². The Morgan fingerprint density at radius 2 is 1.84 bits per heavy atom. The average Bonchev–Trinajstić information content (AvgIpc) is 2.77. The van der Waals surface area contributed by atoms with Gasteiger partial charge in [-0.1, -0.05) is 55.1 Å². The Morgan fingerprint density at radius 3 is 2.52 bits per heavy atom. The van der Waals surface area contributed by atoms with Crippen LogP contribution in [0.4, 0.5) is 0 Å². The quantitative estimate of drug-likeness (QED) is 0.556. The van der Waals surface area contributed by atoms with Crippen LogP contribution < -0.4 is 5.32 Å². The highest BCUT2D eigenvalue weighted by molar-refractivity contribution is 6.04. The number of nitrogens with one attached hydrogen (secondary N) is 1. The first-order chi connectivity index (χ1) is 15.0. The second-order valence-electron chi connectivity index (χ2n) is 7.91. The number of allylic oxidation sites excluding steroid dienone is 3. The molecule has 1 aliphatic carbocycles. The third kappa shape index (κ3) is 4.04. The molecule has 1 heterocycles. The van der Waals surface area contributed by atoms with Crippen LogP contribution in [0.15, 0.2) is 89.8 Å². The highest BCUT2D eigenvalue weighted by Gasteiger charge is 2.41. The van der Waals surface area contributed by atoms with E-state index in [4.69, 9.17) is 4.74 Å². The summed E-state index contributed by atoms with van der Waals surface area (Å²) in [4.78, 5) is 26.3. The predicted molar refractivity (Wildman–Crippen MR) is 118 cm³/mol. The number of benzene rings is 2. The first-order valence-corrected chi connectivity index (χ1v) is 10.4. The molecule has 158 valence electrons. The number of rotatable bonds is 5. The largest absolute Gasteiger partial charge is 0.508 e. The molecule has 31 heavy (non-hydrogen) atoms. The number of dihydropyridines is 1. The van der Waals surface area contributed by atoms with E-state index in [1.165, 1.54) is 6.08 Å². The molecule has 0 amide bonds. The van der Waals surface area contributed by atoms with Crippen molar-refractivity contribution in [3.05, 3.63) is 101 Å². The lowest BCUT2D eigenvalue weighted by Gasteiger charge is -2.36. The molecule has 2 atom stereocenters. The molecular weight excluding hydrogens is 390 g/mol. The lowest BCUT2D eigenvalue weighted by atomic mass is 9.72. The number of carbonyl (C=O) groups excluding carboxylic acids is 2. The van der Waals surface area contributed by atoms with Crippen molar-refractivity contribution in [2.24, 2.45) is 0 Å². The van der Waals surface area contributed by atoms with Gasteiger partial charge in [-0.2, -0.15) is 0 Å². The number of esters is 1. The number of ketones is 1. The van der Waals surface area contributed by atoms with E-state index in [-0.39, 0.29) is 24.1 Å². The summed E-state index contributed by atoms with van der Waals surface area (Å²) >= 11 is 0. The van der Waals surface area contributed by atoms with Crippen molar-refractivity contribution < 1.29 is 19.4 Å². The minimum atomic E-state index is -0.543. The van der Waals surface area contributed by atoms with Gasteiger partial charge >= 0.3 is 5.97 Å². The smallest absolute Gasteiger partial charge is 0.337 e. The Kier molecular flexibility index (Phi) is 5.76. The van der Waals surface area contributed by atoms with E-state index < -0.39 is 11.9 Å². The first-order valence-electron chi connectivity index (χ1n) is 10.4. The van der Waals surface area contributed by atoms with Crippen LogP contribution in [0.1, 0.15) is 42.7 Å². The van der Waals surface area contributed by atoms with Gasteiger partial charge in [0.1, 0.15) is 12.4 Å². The number of carbonyl (C=O) groups is 2. The summed E-state index contributed by atoms with van der Waals surface area (Å²) in [5.41, 5.74) is 4.44. The monoisotopic (exact) mass is 415 g/mol. The third-order valence-corrected chi connectivity index (χ3v) is 5.88. The summed E-state index contributed by atoms with van der Waals surface area (Å²) in [5.74, 6) is -0.793. The van der Waals surface area contributed by atoms with E-state index in [0.717, 1.165) is 16.8 Å². The van der Waals surface area contributed by atoms with Crippen LogP contribution >= 0.6 is 0 Å². The molecular formula is C26H25NO4. The van der Waals surface area contributed by atoms with Crippen LogP contribution in [-0.4, -0.2) is 23.5 Å². The van der Waals surface area contributed by atoms with Crippen LogP contribution in [-0.2, 0) is 14.3 Å². The molecule has 0 aromatic heterocycles. The molecule has 0 bridgehead atoms. The van der Waals surface area contributed by atoms with Gasteiger partial charge in [-0.3, -0.25) is 4.79 Å². The van der Waals surface area contributed by atoms with Crippen molar-refractivity contribution in [1.82, 2.24) is 5.32 Å². The molecule has 0 saturated heterocycles. The van der Waals surface area contributed by atoms with Crippen molar-refractivity contribution >= 4 is 11.8 Å². The van der Waals surface area contributed by atoms with E-state index >= 15 is 0 Å². The Morgan fingerprint density at radius 1 is 1.13 bits per heavy atom. The zero-order valence-corrected chi connectivity index (χ0v) is 17.4. The normalized spacial score (nSPS) is 20.7. The Hall–Kier alpha value is -3.60. The fourth-order valence-electron chi connectivity index (χ4n) is 4.48. The number of phenolic OH excluding ortho intramolecular Hbond substituents is 1. The summed E-state index contributed by atoms with van der Waals surface area (Å²) in [5, 5.41) is 13.1. The van der Waals surface area contributed by atoms with E-state index in [1.807, 2.05) is 37.3 Å². The number of ether oxygens (including phenoxy) is 1. The lowest BCUT2D eigenvalue weighted by molar-refractivity contribution is -0.138. The highest BCUT2D eigenvalue weighted by Crippen LogP contribution is 2.45. The molecule has 2 aromatic rings. The van der Waals surface area contributed by atoms with Gasteiger partial charge in [0.15, 0.2) is 5.78 Å². The van der Waals surface area contributed by atoms with Crippen molar-refractivity contribution in [2.45, 2.75) is 31.6 Å². The number of phenols is 1. The molecule has 0 spiro atoms. The van der Waals surface area contributed by atoms with Gasteiger partial charge in [0, 0.05) is 29.3 Å². The summed E-state index contributed by atoms with van der Waals surface area (Å²) in [6, 6.07) is 16.7. The van der Waals surface area contributed by atoms with Crippen LogP contribution in [0.5, 0.6) is 5.75 Å². The van der Waals surface area contributed by atoms with E-state index in [2.05, 4.69) is 11.9 Å². The maximum atomic E-state index is 13.4. The highest BCUT2D eigenvalue weighted by atomic mass is 16.5. The predicted octanol–water partition coefficient (Wildman–Crippen LogP) is 4.48. The van der Waals surface area contributed by atoms with Crippen LogP contribution in [0, 0.1) is 0 Å². The van der Waals surface area contributed by atoms with Crippen LogP contribution in [0.3, 0.4) is 0 Å². The molecule has 2 aliphatic rings. The molecule has 0 radical (unpaired) electrons. The average molecular weight is 415 g/mol. The fraction of sp³-hybridized carbons (Fsp3) is 0.231. The van der Waals surface area contributed by atoms with E-state index in [1.54, 1.807) is 24.3 Å². The minimum Gasteiger partial charge on any atom is -0.508 e. The van der Waals surface area contributed by atoms with Crippen molar-refractivity contribution in [2.75, 3.05) is 6.61 Å². The summed E-state index contributed by atoms with van der Waals surface area (Å²) < 4.78 is 5.34. The molecule has 0 unspecified atom stereocenters. The maximum absolute atomic E-state index is 13.4. The van der Waals surface area contributed by atoms with Gasteiger partial charge in [-0.15, -0.1) is 0 Å². The van der Waals surface area contributed by atoms with Gasteiger partial charge in [-0.05, 0) is 42.5 Å². The first kappa shape index (κ1) is 20.7. The SMILES string of the molecule is C=CCOC(=O)C1=C(C)NC2=C(C(=O)C[C@H](c3ccccc3)C2)[C@@H]1c1ccc(O)cc1. The lowest BCUT2D eigenvalue weighted by Crippen LogP contribution is -2.36. The zero-order chi connectivity index (χ0) is 22.0. The van der Waals surface area contributed by atoms with Gasteiger partial charge < -0.3 is 15.2 Å². The molecule has 5 heteroatoms. The Balaban J connectivity index is 1.78. The Labute approximate surface area is 181 Å². The number of hydrogen-bond donors (Lipinski definition) is 2. The number of aromatic hydroxyl groups is 1. The molecule has 2 N–H and O–H groups in total. The van der Waals surface area contributed by atoms with Gasteiger partial charge in [0.2, 0.25) is 0 Å². The summed E-state index contributed by atoms with van der Waals surface area (Å²) in [7, 11) is 0. The van der Waals surface area contributed by atoms with Crippen molar-refractivity contribution in [3.8, 4) is 5.75 Å². The van der Waals surface area contributed by atoms with Crippen molar-refractivity contribution in [1.29, 1.82) is 0 Å². The summed E-state index contributed by atoms with van der Waals surface area (Å²) in [6.07, 6.45) is 2.58. The summed E-state index contributed by atoms with van der Waals surface area (Å²) in [6.45, 7) is 5.52. The standard InChI is InChI=1S/C26H25NO4/c1-3-13-31-26(30)23-16(2)27-21-14-19(17-7-5-4-6-8-17)15-22(29)25(21)24(23)18-9-11-20(28)12-10-18/h3-12,19,24,27-28H,1,13-15H2,2H3/t19-,24-/m1/s1. The molecule has 0 fully saturated rings. The maximum Gasteiger partial charge on any atom is 0.337 e. The number of hydrogen-bond acceptors (Lipinski definition) is 5. The molecule has 0 saturated carbocycles. The van der Waals surface area contributed by atoms with E-state index in [0.29, 0.717) is 29.7 Å². The minimum absolute atomic E-state index is 0.0159. The molecule has 1 aliphatic heterocycles. The molecule has 2 aromatic carbocycles. The Bertz CT molecular complexity index is 1080. The van der Waals surface area contributed by atoms with Gasteiger partial charge in [0.05, 0.1) is 5.57 Å². The second-order valence-corrected chi connectivity index (χ2v) is 7.91. The molecule has 4 rings (SSSR count). The van der Waals surface area contributed by atoms with Gasteiger partial charge in [0.25, 0.3) is 0 Å². The van der Waals surface area contributed by atoms with E-state index in [9.17, 15) is 14.7 Å². The van der Waals surface area contributed by atoms with Gasteiger partial charge in [-0.25, -0.2) is 4.79 Å². The fourth-order valence-corrected chi connectivity index (χ4v) is 4.48. The third-order valence-electron chi connectivity index (χ3n) is 5.88. The molecule has 5 nitrogen and oxygen atoms in total. The van der Waals surface area contributed by atoms with Crippen molar-refractivity contribution in [3.63, 3.8) is 0 Å². The topological polar surface area (TPSA) is 75.6 Å².